The van der Waals surface area contributed by atoms with E-state index in [0.29, 0.717) is 31.4 Å². The number of aliphatic imine (C=N–C) groups is 1. The topological polar surface area (TPSA) is 65.4 Å². The quantitative estimate of drug-likeness (QED) is 0.645. The van der Waals surface area contributed by atoms with Crippen molar-refractivity contribution in [1.82, 2.24) is 20.6 Å². The van der Waals surface area contributed by atoms with Gasteiger partial charge in [0.1, 0.15) is 23.1 Å². The first kappa shape index (κ1) is 18.0. The number of hydrogen-bond acceptors (Lipinski definition) is 4. The van der Waals surface area contributed by atoms with Gasteiger partial charge in [-0.25, -0.2) is 18.7 Å². The van der Waals surface area contributed by atoms with Crippen LogP contribution in [0.4, 0.5) is 14.5 Å². The molecule has 26 heavy (non-hydrogen) atoms. The molecule has 3 rings (SSSR count). The van der Waals surface area contributed by atoms with Gasteiger partial charge >= 0.3 is 0 Å². The molecule has 0 bridgehead atoms. The third kappa shape index (κ3) is 4.25. The van der Waals surface area contributed by atoms with Crippen LogP contribution in [0.3, 0.4) is 0 Å². The fourth-order valence-electron chi connectivity index (χ4n) is 3.04. The van der Waals surface area contributed by atoms with Crippen molar-refractivity contribution < 1.29 is 8.78 Å². The summed E-state index contributed by atoms with van der Waals surface area (Å²) in [7, 11) is 1.68. The SMILES string of the molecule is CN=C(NCc1ccnc(C)n1)NC1CCN(c2c(F)cccc2F)C1. The summed E-state index contributed by atoms with van der Waals surface area (Å²) < 4.78 is 27.9. The van der Waals surface area contributed by atoms with E-state index in [1.165, 1.54) is 18.2 Å². The lowest BCUT2D eigenvalue weighted by Gasteiger charge is -2.21. The molecule has 6 nitrogen and oxygen atoms in total. The highest BCUT2D eigenvalue weighted by Gasteiger charge is 2.27. The summed E-state index contributed by atoms with van der Waals surface area (Å²) in [5.41, 5.74) is 0.901. The average molecular weight is 360 g/mol. The molecule has 2 heterocycles. The minimum Gasteiger partial charge on any atom is -0.365 e. The second-order valence-electron chi connectivity index (χ2n) is 6.17. The van der Waals surface area contributed by atoms with Crippen LogP contribution in [-0.2, 0) is 6.54 Å². The van der Waals surface area contributed by atoms with E-state index >= 15 is 0 Å². The maximum Gasteiger partial charge on any atom is 0.191 e. The summed E-state index contributed by atoms with van der Waals surface area (Å²) in [5.74, 6) is 0.271. The largest absolute Gasteiger partial charge is 0.365 e. The van der Waals surface area contributed by atoms with Crippen molar-refractivity contribution in [2.45, 2.75) is 25.9 Å². The van der Waals surface area contributed by atoms with E-state index in [1.807, 2.05) is 13.0 Å². The lowest BCUT2D eigenvalue weighted by Crippen LogP contribution is -2.44. The van der Waals surface area contributed by atoms with Crippen molar-refractivity contribution in [1.29, 1.82) is 0 Å². The maximum atomic E-state index is 13.9. The number of guanidine groups is 1. The molecule has 1 fully saturated rings. The first-order valence-electron chi connectivity index (χ1n) is 8.51. The molecule has 1 unspecified atom stereocenters. The molecule has 2 N–H and O–H groups in total. The summed E-state index contributed by atoms with van der Waals surface area (Å²) in [4.78, 5) is 14.3. The van der Waals surface area contributed by atoms with Crippen LogP contribution < -0.4 is 15.5 Å². The average Bonchev–Trinajstić information content (AvgIpc) is 3.06. The summed E-state index contributed by atoms with van der Waals surface area (Å²) in [5, 5.41) is 6.50. The van der Waals surface area contributed by atoms with Crippen molar-refractivity contribution in [2.24, 2.45) is 4.99 Å². The number of halogens is 2. The molecule has 8 heteroatoms. The standard InChI is InChI=1S/C18H22F2N6/c1-12-22-8-6-13(24-12)10-23-18(21-2)25-14-7-9-26(11-14)17-15(19)4-3-5-16(17)20/h3-6,8,14H,7,9-11H2,1-2H3,(H2,21,23,25). The fraction of sp³-hybridized carbons (Fsp3) is 0.389. The predicted octanol–water partition coefficient (Wildman–Crippen LogP) is 2.01. The van der Waals surface area contributed by atoms with Gasteiger partial charge in [0.25, 0.3) is 0 Å². The van der Waals surface area contributed by atoms with E-state index in [1.54, 1.807) is 18.1 Å². The molecule has 0 radical (unpaired) electrons. The van der Waals surface area contributed by atoms with E-state index in [0.717, 1.165) is 12.1 Å². The molecule has 138 valence electrons. The van der Waals surface area contributed by atoms with Crippen LogP contribution in [0, 0.1) is 18.6 Å². The van der Waals surface area contributed by atoms with E-state index in [9.17, 15) is 8.78 Å². The van der Waals surface area contributed by atoms with Gasteiger partial charge in [0.05, 0.1) is 12.2 Å². The van der Waals surface area contributed by atoms with E-state index in [4.69, 9.17) is 0 Å². The molecule has 2 aromatic rings. The Morgan fingerprint density at radius 3 is 2.77 bits per heavy atom. The number of para-hydroxylation sites is 1. The van der Waals surface area contributed by atoms with Crippen LogP contribution in [0.5, 0.6) is 0 Å². The summed E-state index contributed by atoms with van der Waals surface area (Å²) in [6.45, 7) is 3.44. The van der Waals surface area contributed by atoms with Crippen molar-refractivity contribution in [3.05, 3.63) is 53.6 Å². The highest BCUT2D eigenvalue weighted by Crippen LogP contribution is 2.26. The second-order valence-corrected chi connectivity index (χ2v) is 6.17. The minimum atomic E-state index is -0.535. The lowest BCUT2D eigenvalue weighted by atomic mass is 10.2. The summed E-state index contributed by atoms with van der Waals surface area (Å²) in [6.07, 6.45) is 2.48. The second kappa shape index (κ2) is 8.07. The first-order chi connectivity index (χ1) is 12.6. The molecule has 1 aromatic carbocycles. The van der Waals surface area contributed by atoms with E-state index in [-0.39, 0.29) is 11.7 Å². The van der Waals surface area contributed by atoms with Gasteiger partial charge in [-0.3, -0.25) is 4.99 Å². The molecular formula is C18H22F2N6. The molecule has 1 atom stereocenters. The zero-order valence-electron chi connectivity index (χ0n) is 14.8. The van der Waals surface area contributed by atoms with Gasteiger partial charge < -0.3 is 15.5 Å². The minimum absolute atomic E-state index is 0.0382. The third-order valence-electron chi connectivity index (χ3n) is 4.28. The summed E-state index contributed by atoms with van der Waals surface area (Å²) >= 11 is 0. The lowest BCUT2D eigenvalue weighted by molar-refractivity contribution is 0.576. The molecule has 0 spiro atoms. The van der Waals surface area contributed by atoms with Crippen LogP contribution in [0.15, 0.2) is 35.5 Å². The molecule has 0 aliphatic carbocycles. The van der Waals surface area contributed by atoms with Gasteiger partial charge in [-0.15, -0.1) is 0 Å². The van der Waals surface area contributed by atoms with Crippen molar-refractivity contribution in [3.8, 4) is 0 Å². The Balaban J connectivity index is 1.57. The normalized spacial score (nSPS) is 17.5. The van der Waals surface area contributed by atoms with E-state index in [2.05, 4.69) is 25.6 Å². The number of rotatable bonds is 4. The zero-order valence-corrected chi connectivity index (χ0v) is 14.8. The fourth-order valence-corrected chi connectivity index (χ4v) is 3.04. The van der Waals surface area contributed by atoms with Gasteiger partial charge in [0.2, 0.25) is 0 Å². The highest BCUT2D eigenvalue weighted by molar-refractivity contribution is 5.80. The number of benzene rings is 1. The Bertz CT molecular complexity index is 775. The summed E-state index contributed by atoms with van der Waals surface area (Å²) in [6, 6.07) is 5.83. The van der Waals surface area contributed by atoms with Crippen LogP contribution >= 0.6 is 0 Å². The smallest absolute Gasteiger partial charge is 0.191 e. The Morgan fingerprint density at radius 1 is 1.31 bits per heavy atom. The number of aryl methyl sites for hydroxylation is 1. The van der Waals surface area contributed by atoms with Crippen molar-refractivity contribution in [3.63, 3.8) is 0 Å². The maximum absolute atomic E-state index is 13.9. The van der Waals surface area contributed by atoms with Gasteiger partial charge in [-0.05, 0) is 31.5 Å². The molecule has 1 saturated heterocycles. The van der Waals surface area contributed by atoms with Crippen molar-refractivity contribution in [2.75, 3.05) is 25.0 Å². The molecule has 1 aromatic heterocycles. The molecular weight excluding hydrogens is 338 g/mol. The van der Waals surface area contributed by atoms with Crippen LogP contribution in [0.25, 0.3) is 0 Å². The monoisotopic (exact) mass is 360 g/mol. The van der Waals surface area contributed by atoms with E-state index < -0.39 is 11.6 Å². The number of hydrogen-bond donors (Lipinski definition) is 2. The van der Waals surface area contributed by atoms with Gasteiger partial charge in [-0.2, -0.15) is 0 Å². The Morgan fingerprint density at radius 2 is 2.08 bits per heavy atom. The predicted molar refractivity (Wildman–Crippen MR) is 97.1 cm³/mol. The van der Waals surface area contributed by atoms with Gasteiger partial charge in [0.15, 0.2) is 5.96 Å². The Labute approximate surface area is 151 Å². The number of nitrogens with zero attached hydrogens (tertiary/aromatic N) is 4. The van der Waals surface area contributed by atoms with Crippen LogP contribution in [0.1, 0.15) is 17.9 Å². The van der Waals surface area contributed by atoms with Crippen molar-refractivity contribution >= 4 is 11.6 Å². The number of nitrogens with one attached hydrogen (secondary N) is 2. The van der Waals surface area contributed by atoms with Gasteiger partial charge in [0, 0.05) is 32.4 Å². The molecule has 1 aliphatic heterocycles. The Hall–Kier alpha value is -2.77. The molecule has 0 saturated carbocycles. The molecule has 1 aliphatic rings. The number of anilines is 1. The van der Waals surface area contributed by atoms with Gasteiger partial charge in [-0.1, -0.05) is 6.07 Å². The van der Waals surface area contributed by atoms with Crippen LogP contribution in [0.2, 0.25) is 0 Å². The van der Waals surface area contributed by atoms with Crippen LogP contribution in [-0.4, -0.2) is 42.1 Å². The third-order valence-corrected chi connectivity index (χ3v) is 4.28. The number of aromatic nitrogens is 2. The zero-order chi connectivity index (χ0) is 18.5. The highest BCUT2D eigenvalue weighted by atomic mass is 19.1. The first-order valence-corrected chi connectivity index (χ1v) is 8.51. The Kier molecular flexibility index (Phi) is 5.60. The molecule has 0 amide bonds.